The van der Waals surface area contributed by atoms with Gasteiger partial charge in [-0.15, -0.1) is 22.7 Å². The number of carbonyl (C=O) groups is 1. The molecular weight excluding hydrogens is 448 g/mol. The first-order valence-electron chi connectivity index (χ1n) is 9.55. The second-order valence-corrected chi connectivity index (χ2v) is 9.26. The summed E-state index contributed by atoms with van der Waals surface area (Å²) < 4.78 is 1.61. The fourth-order valence-corrected chi connectivity index (χ4v) is 5.96. The SMILES string of the molecule is CCn1c(SCC(=O)N(CC#N)c2ccccc2)nc2scc(-c3cccs3)c2c1=O. The van der Waals surface area contributed by atoms with E-state index >= 15 is 0 Å². The number of nitriles is 1. The molecule has 0 spiro atoms. The predicted molar refractivity (Wildman–Crippen MR) is 128 cm³/mol. The number of para-hydroxylation sites is 1. The van der Waals surface area contributed by atoms with Crippen molar-refractivity contribution in [3.8, 4) is 16.5 Å². The van der Waals surface area contributed by atoms with E-state index in [0.29, 0.717) is 27.6 Å². The predicted octanol–water partition coefficient (Wildman–Crippen LogP) is 4.86. The number of aromatic nitrogens is 2. The summed E-state index contributed by atoms with van der Waals surface area (Å²) in [5.41, 5.74) is 1.49. The number of benzene rings is 1. The number of anilines is 1. The maximum atomic E-state index is 13.2. The number of hydrogen-bond acceptors (Lipinski definition) is 7. The van der Waals surface area contributed by atoms with Crippen LogP contribution >= 0.6 is 34.4 Å². The van der Waals surface area contributed by atoms with Crippen molar-refractivity contribution in [1.29, 1.82) is 5.26 Å². The number of amides is 1. The molecule has 0 atom stereocenters. The molecule has 0 unspecified atom stereocenters. The van der Waals surface area contributed by atoms with Crippen LogP contribution in [-0.4, -0.2) is 27.8 Å². The summed E-state index contributed by atoms with van der Waals surface area (Å²) in [6.45, 7) is 2.31. The summed E-state index contributed by atoms with van der Waals surface area (Å²) in [7, 11) is 0. The van der Waals surface area contributed by atoms with Crippen molar-refractivity contribution in [2.75, 3.05) is 17.2 Å². The van der Waals surface area contributed by atoms with E-state index in [9.17, 15) is 9.59 Å². The average molecular weight is 467 g/mol. The molecular formula is C22H18N4O2S3. The van der Waals surface area contributed by atoms with Gasteiger partial charge in [0.15, 0.2) is 5.16 Å². The zero-order valence-corrected chi connectivity index (χ0v) is 19.1. The van der Waals surface area contributed by atoms with E-state index in [4.69, 9.17) is 10.2 Å². The highest BCUT2D eigenvalue weighted by Crippen LogP contribution is 2.34. The fraction of sp³-hybridized carbons (Fsp3) is 0.182. The van der Waals surface area contributed by atoms with Crippen molar-refractivity contribution in [2.24, 2.45) is 0 Å². The molecule has 4 rings (SSSR count). The summed E-state index contributed by atoms with van der Waals surface area (Å²) in [6.07, 6.45) is 0. The highest BCUT2D eigenvalue weighted by Gasteiger charge is 2.20. The Labute approximate surface area is 191 Å². The molecule has 0 aliphatic heterocycles. The third kappa shape index (κ3) is 4.28. The van der Waals surface area contributed by atoms with E-state index < -0.39 is 0 Å². The van der Waals surface area contributed by atoms with E-state index in [-0.39, 0.29) is 23.8 Å². The number of nitrogens with zero attached hydrogens (tertiary/aromatic N) is 4. The van der Waals surface area contributed by atoms with Crippen LogP contribution in [0.5, 0.6) is 0 Å². The number of thiophene rings is 2. The van der Waals surface area contributed by atoms with E-state index in [1.165, 1.54) is 28.0 Å². The molecule has 6 nitrogen and oxygen atoms in total. The highest BCUT2D eigenvalue weighted by atomic mass is 32.2. The fourth-order valence-electron chi connectivity index (χ4n) is 3.21. The number of thioether (sulfide) groups is 1. The molecule has 0 aliphatic rings. The lowest BCUT2D eigenvalue weighted by Crippen LogP contribution is -2.33. The number of rotatable bonds is 7. The standard InChI is InChI=1S/C22H18N4O2S3/c1-2-25-21(28)19-16(17-9-6-12-29-17)13-30-20(19)24-22(25)31-14-18(27)26(11-10-23)15-7-4-3-5-8-15/h3-9,12-13H,2,11,14H2,1H3. The second-order valence-electron chi connectivity index (χ2n) is 6.51. The van der Waals surface area contributed by atoms with Gasteiger partial charge < -0.3 is 0 Å². The molecule has 0 saturated heterocycles. The van der Waals surface area contributed by atoms with Crippen molar-refractivity contribution in [3.63, 3.8) is 0 Å². The highest BCUT2D eigenvalue weighted by molar-refractivity contribution is 7.99. The Morgan fingerprint density at radius 3 is 2.71 bits per heavy atom. The van der Waals surface area contributed by atoms with Gasteiger partial charge in [0.1, 0.15) is 11.4 Å². The molecule has 0 aliphatic carbocycles. The quantitative estimate of drug-likeness (QED) is 0.221. The molecule has 1 amide bonds. The van der Waals surface area contributed by atoms with Crippen LogP contribution in [0.4, 0.5) is 5.69 Å². The smallest absolute Gasteiger partial charge is 0.263 e. The maximum Gasteiger partial charge on any atom is 0.263 e. The van der Waals surface area contributed by atoms with Gasteiger partial charge in [0.05, 0.1) is 17.2 Å². The average Bonchev–Trinajstić information content (AvgIpc) is 3.46. The third-order valence-corrected chi connectivity index (χ3v) is 7.42. The summed E-state index contributed by atoms with van der Waals surface area (Å²) in [5, 5.41) is 14.2. The van der Waals surface area contributed by atoms with Gasteiger partial charge in [-0.05, 0) is 30.5 Å². The van der Waals surface area contributed by atoms with Crippen molar-refractivity contribution >= 4 is 56.2 Å². The van der Waals surface area contributed by atoms with Crippen LogP contribution < -0.4 is 10.5 Å². The molecule has 4 aromatic rings. The maximum absolute atomic E-state index is 13.2. The van der Waals surface area contributed by atoms with Gasteiger partial charge >= 0.3 is 0 Å². The molecule has 31 heavy (non-hydrogen) atoms. The van der Waals surface area contributed by atoms with Crippen molar-refractivity contribution in [1.82, 2.24) is 9.55 Å². The van der Waals surface area contributed by atoms with Crippen LogP contribution in [0.2, 0.25) is 0 Å². The van der Waals surface area contributed by atoms with Crippen LogP contribution in [0.3, 0.4) is 0 Å². The normalized spacial score (nSPS) is 10.8. The van der Waals surface area contributed by atoms with E-state index in [1.54, 1.807) is 28.0 Å². The molecule has 0 N–H and O–H groups in total. The van der Waals surface area contributed by atoms with Crippen LogP contribution in [0.25, 0.3) is 20.7 Å². The Kier molecular flexibility index (Phi) is 6.51. The number of fused-ring (bicyclic) bond motifs is 1. The van der Waals surface area contributed by atoms with Crippen LogP contribution in [0, 0.1) is 11.3 Å². The van der Waals surface area contributed by atoms with Gasteiger partial charge in [0.25, 0.3) is 5.56 Å². The van der Waals surface area contributed by atoms with Gasteiger partial charge in [0.2, 0.25) is 5.91 Å². The number of carbonyl (C=O) groups excluding carboxylic acids is 1. The third-order valence-electron chi connectivity index (χ3n) is 4.68. The van der Waals surface area contributed by atoms with E-state index in [2.05, 4.69) is 0 Å². The molecule has 0 fully saturated rings. The molecule has 156 valence electrons. The topological polar surface area (TPSA) is 79.0 Å². The minimum absolute atomic E-state index is 0.0362. The monoisotopic (exact) mass is 466 g/mol. The summed E-state index contributed by atoms with van der Waals surface area (Å²) in [6, 6.07) is 15.1. The Morgan fingerprint density at radius 2 is 2.03 bits per heavy atom. The lowest BCUT2D eigenvalue weighted by atomic mass is 10.2. The summed E-state index contributed by atoms with van der Waals surface area (Å²) in [4.78, 5) is 34.0. The molecule has 9 heteroatoms. The van der Waals surface area contributed by atoms with Gasteiger partial charge in [-0.3, -0.25) is 19.1 Å². The van der Waals surface area contributed by atoms with Crippen molar-refractivity contribution < 1.29 is 4.79 Å². The van der Waals surface area contributed by atoms with Gasteiger partial charge in [-0.1, -0.05) is 36.0 Å². The van der Waals surface area contributed by atoms with Crippen LogP contribution in [0.15, 0.2) is 63.2 Å². The molecule has 3 heterocycles. The van der Waals surface area contributed by atoms with Crippen molar-refractivity contribution in [2.45, 2.75) is 18.6 Å². The first-order chi connectivity index (χ1) is 15.1. The molecule has 1 aromatic carbocycles. The molecule has 0 radical (unpaired) electrons. The summed E-state index contributed by atoms with van der Waals surface area (Å²) >= 11 is 4.25. The van der Waals surface area contributed by atoms with E-state index in [0.717, 1.165) is 10.4 Å². The molecule has 0 bridgehead atoms. The first-order valence-corrected chi connectivity index (χ1v) is 12.3. The van der Waals surface area contributed by atoms with Crippen LogP contribution in [-0.2, 0) is 11.3 Å². The Hall–Kier alpha value is -2.93. The Balaban J connectivity index is 1.63. The van der Waals surface area contributed by atoms with Crippen LogP contribution in [0.1, 0.15) is 6.92 Å². The van der Waals surface area contributed by atoms with Gasteiger partial charge in [-0.2, -0.15) is 5.26 Å². The van der Waals surface area contributed by atoms with E-state index in [1.807, 2.05) is 54.1 Å². The Morgan fingerprint density at radius 1 is 1.23 bits per heavy atom. The summed E-state index contributed by atoms with van der Waals surface area (Å²) in [5.74, 6) is -0.127. The zero-order valence-electron chi connectivity index (χ0n) is 16.6. The minimum Gasteiger partial charge on any atom is -0.298 e. The molecule has 3 aromatic heterocycles. The lowest BCUT2D eigenvalue weighted by Gasteiger charge is -2.19. The van der Waals surface area contributed by atoms with Crippen molar-refractivity contribution in [3.05, 3.63) is 63.6 Å². The largest absolute Gasteiger partial charge is 0.298 e. The number of hydrogen-bond donors (Lipinski definition) is 0. The van der Waals surface area contributed by atoms with Gasteiger partial charge in [-0.25, -0.2) is 4.98 Å². The van der Waals surface area contributed by atoms with Gasteiger partial charge in [0, 0.05) is 28.1 Å². The zero-order chi connectivity index (χ0) is 21.8. The first kappa shape index (κ1) is 21.3. The Bertz CT molecular complexity index is 1300. The molecule has 0 saturated carbocycles. The second kappa shape index (κ2) is 9.47. The lowest BCUT2D eigenvalue weighted by molar-refractivity contribution is -0.116. The minimum atomic E-state index is -0.208.